The van der Waals surface area contributed by atoms with Crippen LogP contribution in [0.15, 0.2) is 102 Å². The molecule has 2 aromatic carbocycles. The van der Waals surface area contributed by atoms with Crippen molar-refractivity contribution in [2.24, 2.45) is 0 Å². The van der Waals surface area contributed by atoms with Crippen molar-refractivity contribution in [2.45, 2.75) is 24.2 Å². The highest BCUT2D eigenvalue weighted by Gasteiger charge is 2.09. The number of hydrogen-bond acceptors (Lipinski definition) is 5. The zero-order chi connectivity index (χ0) is 25.3. The number of halogens is 1. The van der Waals surface area contributed by atoms with Crippen molar-refractivity contribution in [1.82, 2.24) is 15.0 Å². The number of H-pyrrole nitrogens is 1. The lowest BCUT2D eigenvalue weighted by Crippen LogP contribution is -2.08. The van der Waals surface area contributed by atoms with Gasteiger partial charge in [-0.05, 0) is 70.2 Å². The van der Waals surface area contributed by atoms with E-state index in [9.17, 15) is 17.9 Å². The van der Waals surface area contributed by atoms with Gasteiger partial charge in [0.25, 0.3) is 0 Å². The Balaban J connectivity index is 0.000000286. The van der Waals surface area contributed by atoms with E-state index in [2.05, 4.69) is 15.0 Å². The molecule has 5 aromatic rings. The maximum Gasteiger partial charge on any atom is 0.143 e. The summed E-state index contributed by atoms with van der Waals surface area (Å²) in [6, 6.07) is 22.2. The second-order valence-corrected chi connectivity index (χ2v) is 9.06. The van der Waals surface area contributed by atoms with Crippen molar-refractivity contribution in [2.75, 3.05) is 0 Å². The number of benzene rings is 2. The van der Waals surface area contributed by atoms with E-state index in [-0.39, 0.29) is 24.4 Å². The average molecular weight is 501 g/mol. The van der Waals surface area contributed by atoms with Crippen LogP contribution in [0.5, 0.6) is 0 Å². The molecule has 1 unspecified atom stereocenters. The smallest absolute Gasteiger partial charge is 0.143 e. The number of nitrogens with zero attached hydrogens (tertiary/aromatic N) is 2. The number of hydrogen-bond donors (Lipinski definition) is 1. The highest BCUT2D eigenvalue weighted by atomic mass is 32.2. The van der Waals surface area contributed by atoms with Crippen LogP contribution in [0.25, 0.3) is 11.0 Å². The van der Waals surface area contributed by atoms with E-state index >= 15 is 0 Å². The Bertz CT molecular complexity index is 1470. The van der Waals surface area contributed by atoms with Gasteiger partial charge in [-0.3, -0.25) is 14.0 Å². The van der Waals surface area contributed by atoms with Gasteiger partial charge in [0.05, 0.1) is 0 Å². The minimum absolute atomic E-state index is 0.0172. The molecule has 0 amide bonds. The van der Waals surface area contributed by atoms with Crippen LogP contribution in [-0.4, -0.2) is 29.5 Å². The van der Waals surface area contributed by atoms with Crippen molar-refractivity contribution >= 4 is 27.9 Å². The highest BCUT2D eigenvalue weighted by molar-refractivity contribution is 7.79. The summed E-state index contributed by atoms with van der Waals surface area (Å²) in [4.78, 5) is 24.4. The number of fused-ring (bicyclic) bond motifs is 1. The minimum atomic E-state index is -2.08. The van der Waals surface area contributed by atoms with E-state index in [0.717, 1.165) is 34.3 Å². The van der Waals surface area contributed by atoms with Crippen molar-refractivity contribution < 1.29 is 17.9 Å². The number of Topliss-reactive ketones (excluding diaryl/α,β-unsaturated/α-hetero) is 1. The maximum atomic E-state index is 13.2. The predicted octanol–water partition coefficient (Wildman–Crippen LogP) is 4.97. The van der Waals surface area contributed by atoms with Crippen molar-refractivity contribution in [3.05, 3.63) is 126 Å². The van der Waals surface area contributed by atoms with Crippen LogP contribution < -0.4 is 0 Å². The van der Waals surface area contributed by atoms with Gasteiger partial charge in [-0.1, -0.05) is 36.4 Å². The molecule has 0 saturated carbocycles. The molecule has 0 saturated heterocycles. The number of aromatic nitrogens is 3. The van der Waals surface area contributed by atoms with Gasteiger partial charge < -0.3 is 9.54 Å². The van der Waals surface area contributed by atoms with Gasteiger partial charge in [0.15, 0.2) is 0 Å². The van der Waals surface area contributed by atoms with Crippen LogP contribution in [0.2, 0.25) is 0 Å². The van der Waals surface area contributed by atoms with Crippen LogP contribution in [0, 0.1) is 5.82 Å². The first-order valence-electron chi connectivity index (χ1n) is 11.2. The maximum absolute atomic E-state index is 13.2. The molecule has 3 heterocycles. The SMILES string of the molecule is O=C(Cc1cccc(F)c1)Cc1ccc(Cc2c[nH]c3ncccc23)cn1.O=S([O-])c1ccccc1. The van der Waals surface area contributed by atoms with Gasteiger partial charge in [-0.2, -0.15) is 0 Å². The molecule has 0 aliphatic carbocycles. The number of nitrogens with one attached hydrogen (secondary N) is 1. The molecule has 0 bridgehead atoms. The monoisotopic (exact) mass is 500 g/mol. The number of pyridine rings is 2. The van der Waals surface area contributed by atoms with Crippen LogP contribution in [-0.2, 0) is 35.1 Å². The summed E-state index contributed by atoms with van der Waals surface area (Å²) in [5, 5.41) is 1.10. The molecule has 0 spiro atoms. The largest absolute Gasteiger partial charge is 0.768 e. The molecule has 0 fully saturated rings. The molecule has 0 aliphatic rings. The fourth-order valence-electron chi connectivity index (χ4n) is 3.71. The Morgan fingerprint density at radius 1 is 0.917 bits per heavy atom. The second kappa shape index (κ2) is 12.1. The first kappa shape index (κ1) is 25.1. The molecular weight excluding hydrogens is 477 g/mol. The van der Waals surface area contributed by atoms with Gasteiger partial charge in [-0.25, -0.2) is 9.37 Å². The van der Waals surface area contributed by atoms with E-state index in [1.165, 1.54) is 12.1 Å². The summed E-state index contributed by atoms with van der Waals surface area (Å²) in [6.07, 6.45) is 6.74. The number of carbonyl (C=O) groups excluding carboxylic acids is 1. The van der Waals surface area contributed by atoms with Crippen LogP contribution in [0.4, 0.5) is 4.39 Å². The summed E-state index contributed by atoms with van der Waals surface area (Å²) >= 11 is -2.08. The molecule has 5 rings (SSSR count). The first-order valence-corrected chi connectivity index (χ1v) is 12.3. The molecule has 36 heavy (non-hydrogen) atoms. The molecule has 182 valence electrons. The molecule has 8 heteroatoms. The average Bonchev–Trinajstić information content (AvgIpc) is 3.29. The summed E-state index contributed by atoms with van der Waals surface area (Å²) in [6.45, 7) is 0. The van der Waals surface area contributed by atoms with Crippen molar-refractivity contribution in [1.29, 1.82) is 0 Å². The van der Waals surface area contributed by atoms with Crippen molar-refractivity contribution in [3.8, 4) is 0 Å². The zero-order valence-electron chi connectivity index (χ0n) is 19.3. The molecule has 1 N–H and O–H groups in total. The number of ketones is 1. The topological polar surface area (TPSA) is 98.8 Å². The third-order valence-electron chi connectivity index (χ3n) is 5.42. The van der Waals surface area contributed by atoms with Crippen LogP contribution >= 0.6 is 0 Å². The fourth-order valence-corrected chi connectivity index (χ4v) is 4.09. The summed E-state index contributed by atoms with van der Waals surface area (Å²) in [7, 11) is 0. The lowest BCUT2D eigenvalue weighted by molar-refractivity contribution is -0.117. The van der Waals surface area contributed by atoms with Gasteiger partial charge in [0.1, 0.15) is 17.2 Å². The summed E-state index contributed by atoms with van der Waals surface area (Å²) in [5.74, 6) is -0.307. The molecule has 0 radical (unpaired) electrons. The number of rotatable bonds is 7. The Hall–Kier alpha value is -4.01. The van der Waals surface area contributed by atoms with Gasteiger partial charge in [0, 0.05) is 53.8 Å². The molecule has 3 aromatic heterocycles. The van der Waals surface area contributed by atoms with Gasteiger partial charge in [-0.15, -0.1) is 0 Å². The number of carbonyl (C=O) groups is 1. The predicted molar refractivity (Wildman–Crippen MR) is 136 cm³/mol. The molecule has 6 nitrogen and oxygen atoms in total. The lowest BCUT2D eigenvalue weighted by atomic mass is 10.0. The lowest BCUT2D eigenvalue weighted by Gasteiger charge is -2.04. The Kier molecular flexibility index (Phi) is 8.44. The Morgan fingerprint density at radius 2 is 1.75 bits per heavy atom. The Labute approximate surface area is 210 Å². The highest BCUT2D eigenvalue weighted by Crippen LogP contribution is 2.19. The third kappa shape index (κ3) is 7.00. The fraction of sp³-hybridized carbons (Fsp3) is 0.107. The molecular formula is C28H23FN3O3S-. The van der Waals surface area contributed by atoms with E-state index in [4.69, 9.17) is 0 Å². The molecule has 0 aliphatic heterocycles. The standard InChI is InChI=1S/C22H18FN3O.C6H6O2S/c23-18-4-1-3-15(10-18)11-20(27)12-19-7-6-16(13-25-19)9-17-14-26-22-21(17)5-2-8-24-22;7-9(8)6-4-2-1-3-5-6/h1-8,10,13-14H,9,11-12H2,(H,24,26);1-5H,(H,7,8)/p-1. The third-order valence-corrected chi connectivity index (χ3v) is 6.08. The van der Waals surface area contributed by atoms with E-state index in [1.54, 1.807) is 54.9 Å². The van der Waals surface area contributed by atoms with E-state index in [0.29, 0.717) is 10.5 Å². The quantitative estimate of drug-likeness (QED) is 0.318. The summed E-state index contributed by atoms with van der Waals surface area (Å²) < 4.78 is 33.6. The molecule has 1 atom stereocenters. The van der Waals surface area contributed by atoms with Gasteiger partial charge in [0.2, 0.25) is 0 Å². The Morgan fingerprint density at radius 3 is 2.44 bits per heavy atom. The van der Waals surface area contributed by atoms with Gasteiger partial charge >= 0.3 is 0 Å². The second-order valence-electron chi connectivity index (χ2n) is 8.12. The number of aromatic amines is 1. The first-order chi connectivity index (χ1) is 17.5. The zero-order valence-corrected chi connectivity index (χ0v) is 20.1. The van der Waals surface area contributed by atoms with Crippen LogP contribution in [0.3, 0.4) is 0 Å². The normalized spacial score (nSPS) is 11.5. The minimum Gasteiger partial charge on any atom is -0.768 e. The van der Waals surface area contributed by atoms with E-state index in [1.807, 2.05) is 30.5 Å². The summed E-state index contributed by atoms with van der Waals surface area (Å²) in [5.41, 5.74) is 4.52. The van der Waals surface area contributed by atoms with Crippen molar-refractivity contribution in [3.63, 3.8) is 0 Å². The van der Waals surface area contributed by atoms with E-state index < -0.39 is 11.1 Å². The van der Waals surface area contributed by atoms with Crippen LogP contribution in [0.1, 0.15) is 22.4 Å².